The zero-order chi connectivity index (χ0) is 12.3. The van der Waals surface area contributed by atoms with Gasteiger partial charge >= 0.3 is 0 Å². The van der Waals surface area contributed by atoms with Crippen LogP contribution in [0.2, 0.25) is 0 Å². The Hall–Kier alpha value is -0.900. The van der Waals surface area contributed by atoms with Crippen molar-refractivity contribution in [3.8, 4) is 0 Å². The van der Waals surface area contributed by atoms with Crippen molar-refractivity contribution < 1.29 is 8.60 Å². The lowest BCUT2D eigenvalue weighted by Crippen LogP contribution is -2.04. The lowest BCUT2D eigenvalue weighted by molar-refractivity contribution is 0.531. The number of hydrogen-bond donors (Lipinski definition) is 1. The van der Waals surface area contributed by atoms with Crippen LogP contribution in [0.3, 0.4) is 0 Å². The van der Waals surface area contributed by atoms with Crippen molar-refractivity contribution >= 4 is 16.5 Å². The number of anilines is 1. The molecule has 0 aromatic heterocycles. The van der Waals surface area contributed by atoms with Crippen LogP contribution in [0.1, 0.15) is 32.1 Å². The molecule has 1 aliphatic carbocycles. The number of nitrogens with two attached hydrogens (primary N) is 1. The van der Waals surface area contributed by atoms with E-state index in [1.54, 1.807) is 6.07 Å². The average molecular weight is 255 g/mol. The summed E-state index contributed by atoms with van der Waals surface area (Å²) in [5, 5.41) is 0. The van der Waals surface area contributed by atoms with Gasteiger partial charge in [-0.1, -0.05) is 25.7 Å². The Morgan fingerprint density at radius 1 is 1.29 bits per heavy atom. The van der Waals surface area contributed by atoms with Crippen molar-refractivity contribution in [2.24, 2.45) is 5.92 Å². The van der Waals surface area contributed by atoms with Gasteiger partial charge < -0.3 is 5.73 Å². The molecule has 1 aromatic carbocycles. The monoisotopic (exact) mass is 255 g/mol. The van der Waals surface area contributed by atoms with Gasteiger partial charge in [0.2, 0.25) is 0 Å². The fraction of sp³-hybridized carbons (Fsp3) is 0.538. The molecule has 1 atom stereocenters. The van der Waals surface area contributed by atoms with Crippen molar-refractivity contribution in [1.82, 2.24) is 0 Å². The van der Waals surface area contributed by atoms with E-state index in [2.05, 4.69) is 0 Å². The molecule has 1 aliphatic rings. The Kier molecular flexibility index (Phi) is 4.15. The van der Waals surface area contributed by atoms with Crippen LogP contribution < -0.4 is 5.73 Å². The van der Waals surface area contributed by atoms with E-state index >= 15 is 0 Å². The van der Waals surface area contributed by atoms with Gasteiger partial charge in [-0.25, -0.2) is 4.39 Å². The van der Waals surface area contributed by atoms with Gasteiger partial charge in [0.25, 0.3) is 0 Å². The van der Waals surface area contributed by atoms with Gasteiger partial charge in [-0.3, -0.25) is 4.21 Å². The molecule has 2 nitrogen and oxygen atoms in total. The third-order valence-electron chi connectivity index (χ3n) is 3.34. The summed E-state index contributed by atoms with van der Waals surface area (Å²) in [4.78, 5) is 0.514. The van der Waals surface area contributed by atoms with Crippen molar-refractivity contribution in [3.63, 3.8) is 0 Å². The molecule has 1 saturated carbocycles. The smallest absolute Gasteiger partial charge is 0.126 e. The Morgan fingerprint density at radius 2 is 2.00 bits per heavy atom. The zero-order valence-corrected chi connectivity index (χ0v) is 10.6. The molecule has 2 N–H and O–H groups in total. The highest BCUT2D eigenvalue weighted by Crippen LogP contribution is 2.28. The Balaban J connectivity index is 1.94. The highest BCUT2D eigenvalue weighted by molar-refractivity contribution is 7.85. The summed E-state index contributed by atoms with van der Waals surface area (Å²) in [6.07, 6.45) is 6.07. The average Bonchev–Trinajstić information content (AvgIpc) is 2.77. The molecule has 1 aromatic rings. The van der Waals surface area contributed by atoms with Crippen LogP contribution in [-0.2, 0) is 10.8 Å². The van der Waals surface area contributed by atoms with Crippen LogP contribution in [0.15, 0.2) is 23.1 Å². The largest absolute Gasteiger partial charge is 0.399 e. The second kappa shape index (κ2) is 5.63. The fourth-order valence-electron chi connectivity index (χ4n) is 2.41. The lowest BCUT2D eigenvalue weighted by atomic mass is 10.1. The van der Waals surface area contributed by atoms with Gasteiger partial charge in [0.15, 0.2) is 0 Å². The van der Waals surface area contributed by atoms with Gasteiger partial charge in [0.05, 0.1) is 10.8 Å². The fourth-order valence-corrected chi connectivity index (χ4v) is 3.70. The Labute approximate surface area is 104 Å². The number of benzene rings is 1. The van der Waals surface area contributed by atoms with E-state index in [0.717, 1.165) is 6.42 Å². The van der Waals surface area contributed by atoms with Crippen molar-refractivity contribution in [2.75, 3.05) is 11.5 Å². The minimum atomic E-state index is -1.12. The molecule has 94 valence electrons. The zero-order valence-electron chi connectivity index (χ0n) is 9.82. The summed E-state index contributed by atoms with van der Waals surface area (Å²) >= 11 is 0. The number of nitrogen functional groups attached to an aromatic ring is 1. The standard InChI is InChI=1S/C13H18FNOS/c14-11-7-12(15)9-13(8-11)17(16)6-5-10-3-1-2-4-10/h7-10H,1-6,15H2. The van der Waals surface area contributed by atoms with Gasteiger partial charge in [-0.05, 0) is 30.5 Å². The van der Waals surface area contributed by atoms with Gasteiger partial charge in [0.1, 0.15) is 5.82 Å². The quantitative estimate of drug-likeness (QED) is 0.840. The Morgan fingerprint density at radius 3 is 2.65 bits per heavy atom. The molecule has 4 heteroatoms. The van der Waals surface area contributed by atoms with Crippen LogP contribution in [0.4, 0.5) is 10.1 Å². The molecular weight excluding hydrogens is 237 g/mol. The predicted octanol–water partition coefficient (Wildman–Crippen LogP) is 3.10. The van der Waals surface area contributed by atoms with Crippen LogP contribution >= 0.6 is 0 Å². The molecule has 0 saturated heterocycles. The molecule has 17 heavy (non-hydrogen) atoms. The van der Waals surface area contributed by atoms with E-state index in [0.29, 0.717) is 22.3 Å². The molecule has 0 heterocycles. The molecule has 0 spiro atoms. The summed E-state index contributed by atoms with van der Waals surface area (Å²) in [5.74, 6) is 0.923. The number of halogens is 1. The SMILES string of the molecule is Nc1cc(F)cc(S(=O)CCC2CCCC2)c1. The van der Waals surface area contributed by atoms with Crippen LogP contribution in [0.25, 0.3) is 0 Å². The number of rotatable bonds is 4. The third kappa shape index (κ3) is 3.53. The minimum Gasteiger partial charge on any atom is -0.399 e. The molecule has 0 amide bonds. The molecule has 1 unspecified atom stereocenters. The second-order valence-electron chi connectivity index (χ2n) is 4.71. The van der Waals surface area contributed by atoms with Crippen molar-refractivity contribution in [3.05, 3.63) is 24.0 Å². The van der Waals surface area contributed by atoms with Gasteiger partial charge in [-0.15, -0.1) is 0 Å². The first-order chi connectivity index (χ1) is 8.15. The van der Waals surface area contributed by atoms with Gasteiger partial charge in [-0.2, -0.15) is 0 Å². The topological polar surface area (TPSA) is 43.1 Å². The summed E-state index contributed by atoms with van der Waals surface area (Å²) in [5.41, 5.74) is 5.88. The maximum absolute atomic E-state index is 13.1. The predicted molar refractivity (Wildman–Crippen MR) is 68.7 cm³/mol. The van der Waals surface area contributed by atoms with E-state index in [4.69, 9.17) is 5.73 Å². The van der Waals surface area contributed by atoms with Crippen LogP contribution in [0, 0.1) is 11.7 Å². The first-order valence-electron chi connectivity index (χ1n) is 6.09. The van der Waals surface area contributed by atoms with E-state index in [9.17, 15) is 8.60 Å². The summed E-state index contributed by atoms with van der Waals surface area (Å²) in [7, 11) is -1.12. The van der Waals surface area contributed by atoms with Crippen molar-refractivity contribution in [2.45, 2.75) is 37.0 Å². The molecular formula is C13H18FNOS. The van der Waals surface area contributed by atoms with Gasteiger partial charge in [0, 0.05) is 16.3 Å². The first kappa shape index (κ1) is 12.6. The molecule has 0 aliphatic heterocycles. The van der Waals surface area contributed by atoms with E-state index in [-0.39, 0.29) is 0 Å². The van der Waals surface area contributed by atoms with E-state index in [1.807, 2.05) is 0 Å². The molecule has 0 bridgehead atoms. The molecule has 0 radical (unpaired) electrons. The number of hydrogen-bond acceptors (Lipinski definition) is 2. The normalized spacial score (nSPS) is 18.4. The third-order valence-corrected chi connectivity index (χ3v) is 4.71. The summed E-state index contributed by atoms with van der Waals surface area (Å²) in [6, 6.07) is 4.17. The lowest BCUT2D eigenvalue weighted by Gasteiger charge is -2.08. The van der Waals surface area contributed by atoms with E-state index in [1.165, 1.54) is 37.8 Å². The first-order valence-corrected chi connectivity index (χ1v) is 7.41. The van der Waals surface area contributed by atoms with Crippen LogP contribution in [0.5, 0.6) is 0 Å². The molecule has 2 rings (SSSR count). The van der Waals surface area contributed by atoms with Crippen LogP contribution in [-0.4, -0.2) is 9.96 Å². The highest BCUT2D eigenvalue weighted by atomic mass is 32.2. The minimum absolute atomic E-state index is 0.342. The maximum atomic E-state index is 13.1. The summed E-state index contributed by atoms with van der Waals surface area (Å²) < 4.78 is 25.1. The van der Waals surface area contributed by atoms with Crippen molar-refractivity contribution in [1.29, 1.82) is 0 Å². The second-order valence-corrected chi connectivity index (χ2v) is 6.28. The summed E-state index contributed by atoms with van der Waals surface area (Å²) in [6.45, 7) is 0. The maximum Gasteiger partial charge on any atom is 0.126 e. The highest BCUT2D eigenvalue weighted by Gasteiger charge is 2.16. The Bertz CT molecular complexity index is 396. The van der Waals surface area contributed by atoms with E-state index < -0.39 is 16.6 Å². The molecule has 1 fully saturated rings.